The Morgan fingerprint density at radius 3 is 1.62 bits per heavy atom. The topological polar surface area (TPSA) is 77.8 Å². The third-order valence-electron chi connectivity index (χ3n) is 4.00. The van der Waals surface area contributed by atoms with Crippen LogP contribution in [-0.4, -0.2) is 33.5 Å². The van der Waals surface area contributed by atoms with Gasteiger partial charge in [0.05, 0.1) is 12.2 Å². The number of carboxylic acids is 1. The van der Waals surface area contributed by atoms with Gasteiger partial charge in [-0.15, -0.1) is 0 Å². The number of aliphatic hydroxyl groups is 2. The molecule has 3 N–H and O–H groups in total. The summed E-state index contributed by atoms with van der Waals surface area (Å²) in [7, 11) is 0. The maximum absolute atomic E-state index is 10.3. The summed E-state index contributed by atoms with van der Waals surface area (Å²) in [6, 6.07) is 0. The van der Waals surface area contributed by atoms with Crippen molar-refractivity contribution in [1.29, 1.82) is 0 Å². The predicted octanol–water partition coefficient (Wildman–Crippen LogP) is 3.88. The van der Waals surface area contributed by atoms with Crippen LogP contribution in [0.15, 0.2) is 0 Å². The van der Waals surface area contributed by atoms with Crippen LogP contribution in [0.25, 0.3) is 0 Å². The van der Waals surface area contributed by atoms with Crippen LogP contribution < -0.4 is 0 Å². The molecule has 4 nitrogen and oxygen atoms in total. The van der Waals surface area contributed by atoms with Gasteiger partial charge in [-0.05, 0) is 19.3 Å². The second-order valence-electron chi connectivity index (χ2n) is 6.01. The van der Waals surface area contributed by atoms with E-state index in [1.807, 2.05) is 6.92 Å². The molecule has 126 valence electrons. The number of rotatable bonds is 15. The molecule has 0 amide bonds. The third-order valence-corrected chi connectivity index (χ3v) is 4.00. The molecule has 0 aromatic carbocycles. The zero-order valence-corrected chi connectivity index (χ0v) is 13.6. The minimum Gasteiger partial charge on any atom is -0.481 e. The number of hydrogen-bond donors (Lipinski definition) is 3. The van der Waals surface area contributed by atoms with E-state index in [1.165, 1.54) is 32.1 Å². The average molecular weight is 302 g/mol. The molecule has 0 saturated heterocycles. The van der Waals surface area contributed by atoms with Crippen LogP contribution >= 0.6 is 0 Å². The summed E-state index contributed by atoms with van der Waals surface area (Å²) in [6.07, 6.45) is 11.8. The Labute approximate surface area is 129 Å². The first-order chi connectivity index (χ1) is 10.1. The van der Waals surface area contributed by atoms with E-state index in [9.17, 15) is 15.0 Å². The molecule has 0 aromatic heterocycles. The van der Waals surface area contributed by atoms with Gasteiger partial charge in [0, 0.05) is 6.42 Å². The maximum Gasteiger partial charge on any atom is 0.303 e. The number of aliphatic hydroxyl groups excluding tert-OH is 2. The Balaban J connectivity index is 3.14. The van der Waals surface area contributed by atoms with Crippen LogP contribution in [0.3, 0.4) is 0 Å². The minimum absolute atomic E-state index is 0.304. The zero-order valence-electron chi connectivity index (χ0n) is 13.6. The van der Waals surface area contributed by atoms with Crippen molar-refractivity contribution in [3.8, 4) is 0 Å². The molecule has 0 heterocycles. The number of hydrogen-bond acceptors (Lipinski definition) is 3. The van der Waals surface area contributed by atoms with Gasteiger partial charge < -0.3 is 15.3 Å². The highest BCUT2D eigenvalue weighted by atomic mass is 16.4. The highest BCUT2D eigenvalue weighted by Gasteiger charge is 2.12. The Bertz CT molecular complexity index is 243. The fourth-order valence-corrected chi connectivity index (χ4v) is 2.51. The smallest absolute Gasteiger partial charge is 0.303 e. The monoisotopic (exact) mass is 302 g/mol. The van der Waals surface area contributed by atoms with E-state index in [0.29, 0.717) is 19.3 Å². The molecule has 0 saturated carbocycles. The molecule has 0 aromatic rings. The van der Waals surface area contributed by atoms with Crippen LogP contribution in [-0.2, 0) is 4.79 Å². The lowest BCUT2D eigenvalue weighted by molar-refractivity contribution is -0.137. The second kappa shape index (κ2) is 14.3. The fourth-order valence-electron chi connectivity index (χ4n) is 2.51. The molecule has 0 bridgehead atoms. The number of unbranched alkanes of at least 4 members (excludes halogenated alkanes) is 9. The van der Waals surface area contributed by atoms with Crippen LogP contribution in [0.5, 0.6) is 0 Å². The van der Waals surface area contributed by atoms with Crippen LogP contribution in [0.1, 0.15) is 90.4 Å². The molecule has 4 heteroatoms. The average Bonchev–Trinajstić information content (AvgIpc) is 2.46. The highest BCUT2D eigenvalue weighted by Crippen LogP contribution is 2.13. The van der Waals surface area contributed by atoms with E-state index < -0.39 is 18.2 Å². The first kappa shape index (κ1) is 20.4. The summed E-state index contributed by atoms with van der Waals surface area (Å²) in [4.78, 5) is 10.3. The van der Waals surface area contributed by atoms with E-state index >= 15 is 0 Å². The summed E-state index contributed by atoms with van der Waals surface area (Å²) in [5.74, 6) is -0.688. The summed E-state index contributed by atoms with van der Waals surface area (Å²) in [5, 5.41) is 27.6. The SMILES string of the molecule is CCC(O)C(O)CCCCCCCCCCCCC(=O)O. The van der Waals surface area contributed by atoms with E-state index in [4.69, 9.17) is 5.11 Å². The normalized spacial score (nSPS) is 14.0. The van der Waals surface area contributed by atoms with E-state index in [2.05, 4.69) is 0 Å². The summed E-state index contributed by atoms with van der Waals surface area (Å²) < 4.78 is 0. The van der Waals surface area contributed by atoms with E-state index in [0.717, 1.165) is 32.1 Å². The Morgan fingerprint density at radius 1 is 0.762 bits per heavy atom. The van der Waals surface area contributed by atoms with Crippen molar-refractivity contribution in [1.82, 2.24) is 0 Å². The van der Waals surface area contributed by atoms with Crippen LogP contribution in [0, 0.1) is 0 Å². The number of carbonyl (C=O) groups is 1. The fraction of sp³-hybridized carbons (Fsp3) is 0.941. The molecule has 21 heavy (non-hydrogen) atoms. The molecule has 0 spiro atoms. The molecule has 0 rings (SSSR count). The van der Waals surface area contributed by atoms with Crippen LogP contribution in [0.2, 0.25) is 0 Å². The van der Waals surface area contributed by atoms with Crippen molar-refractivity contribution >= 4 is 5.97 Å². The lowest BCUT2D eigenvalue weighted by Crippen LogP contribution is -2.24. The van der Waals surface area contributed by atoms with Crippen LogP contribution in [0.4, 0.5) is 0 Å². The largest absolute Gasteiger partial charge is 0.481 e. The first-order valence-electron chi connectivity index (χ1n) is 8.65. The summed E-state index contributed by atoms with van der Waals surface area (Å²) >= 11 is 0. The van der Waals surface area contributed by atoms with Gasteiger partial charge in [-0.2, -0.15) is 0 Å². The highest BCUT2D eigenvalue weighted by molar-refractivity contribution is 5.66. The van der Waals surface area contributed by atoms with E-state index in [-0.39, 0.29) is 0 Å². The molecule has 0 fully saturated rings. The summed E-state index contributed by atoms with van der Waals surface area (Å²) in [5.41, 5.74) is 0. The van der Waals surface area contributed by atoms with Crippen molar-refractivity contribution in [2.45, 2.75) is 103 Å². The van der Waals surface area contributed by atoms with Crippen molar-refractivity contribution < 1.29 is 20.1 Å². The van der Waals surface area contributed by atoms with Gasteiger partial charge in [-0.3, -0.25) is 4.79 Å². The molecule has 0 aliphatic rings. The zero-order chi connectivity index (χ0) is 15.9. The quantitative estimate of drug-likeness (QED) is 0.401. The molecule has 2 unspecified atom stereocenters. The van der Waals surface area contributed by atoms with Crippen molar-refractivity contribution in [2.24, 2.45) is 0 Å². The van der Waals surface area contributed by atoms with Gasteiger partial charge in [-0.25, -0.2) is 0 Å². The minimum atomic E-state index is -0.688. The lowest BCUT2D eigenvalue weighted by atomic mass is 10.0. The Morgan fingerprint density at radius 2 is 1.19 bits per heavy atom. The molecular weight excluding hydrogens is 268 g/mol. The van der Waals surface area contributed by atoms with Gasteiger partial charge >= 0.3 is 5.97 Å². The number of aliphatic carboxylic acids is 1. The predicted molar refractivity (Wildman–Crippen MR) is 85.3 cm³/mol. The van der Waals surface area contributed by atoms with Gasteiger partial charge in [-0.1, -0.05) is 64.7 Å². The molecular formula is C17H34O4. The van der Waals surface area contributed by atoms with Gasteiger partial charge in [0.2, 0.25) is 0 Å². The molecule has 0 aliphatic heterocycles. The molecule has 2 atom stereocenters. The Hall–Kier alpha value is -0.610. The van der Waals surface area contributed by atoms with Crippen molar-refractivity contribution in [2.75, 3.05) is 0 Å². The molecule has 0 radical (unpaired) electrons. The molecule has 0 aliphatic carbocycles. The first-order valence-corrected chi connectivity index (χ1v) is 8.65. The van der Waals surface area contributed by atoms with Gasteiger partial charge in [0.25, 0.3) is 0 Å². The second-order valence-corrected chi connectivity index (χ2v) is 6.01. The maximum atomic E-state index is 10.3. The van der Waals surface area contributed by atoms with Crippen molar-refractivity contribution in [3.63, 3.8) is 0 Å². The Kier molecular flexibility index (Phi) is 13.9. The standard InChI is InChI=1S/C17H34O4/c1-2-15(18)16(19)13-11-9-7-5-3-4-6-8-10-12-14-17(20)21/h15-16,18-19H,2-14H2,1H3,(H,20,21). The number of carboxylic acid groups (broad SMARTS) is 1. The lowest BCUT2D eigenvalue weighted by Gasteiger charge is -2.15. The van der Waals surface area contributed by atoms with Gasteiger partial charge in [0.1, 0.15) is 0 Å². The van der Waals surface area contributed by atoms with Crippen molar-refractivity contribution in [3.05, 3.63) is 0 Å². The van der Waals surface area contributed by atoms with E-state index in [1.54, 1.807) is 0 Å². The summed E-state index contributed by atoms with van der Waals surface area (Å²) in [6.45, 7) is 1.88. The third kappa shape index (κ3) is 14.1. The van der Waals surface area contributed by atoms with Gasteiger partial charge in [0.15, 0.2) is 0 Å².